The number of amides is 1. The van der Waals surface area contributed by atoms with Gasteiger partial charge in [0.25, 0.3) is 10.0 Å². The standard InChI is InChI=1S/C21H26N2O4S/c1-16-10-11-17(2)20(13-16)23(28(25,26)19-8-4-3-5-9-19)15-21(24)22-14-18-7-6-12-27-18/h3-5,8-11,13,18H,6-7,12,14-15H2,1-2H3,(H,22,24)/t18-/m0/s1. The first-order valence-electron chi connectivity index (χ1n) is 9.41. The number of carbonyl (C=O) groups is 1. The third-order valence-electron chi connectivity index (χ3n) is 4.80. The molecule has 0 saturated carbocycles. The summed E-state index contributed by atoms with van der Waals surface area (Å²) in [5.41, 5.74) is 2.22. The Kier molecular flexibility index (Phi) is 6.36. The molecule has 1 saturated heterocycles. The van der Waals surface area contributed by atoms with Crippen LogP contribution >= 0.6 is 0 Å². The van der Waals surface area contributed by atoms with E-state index >= 15 is 0 Å². The predicted molar refractivity (Wildman–Crippen MR) is 109 cm³/mol. The average molecular weight is 403 g/mol. The minimum Gasteiger partial charge on any atom is -0.376 e. The molecule has 1 aliphatic heterocycles. The second kappa shape index (κ2) is 8.75. The van der Waals surface area contributed by atoms with Crippen molar-refractivity contribution in [2.45, 2.75) is 37.7 Å². The Labute approximate surface area is 166 Å². The predicted octanol–water partition coefficient (Wildman–Crippen LogP) is 2.79. The van der Waals surface area contributed by atoms with Crippen LogP contribution < -0.4 is 9.62 Å². The Morgan fingerprint density at radius 3 is 2.61 bits per heavy atom. The fraction of sp³-hybridized carbons (Fsp3) is 0.381. The van der Waals surface area contributed by atoms with E-state index in [9.17, 15) is 13.2 Å². The van der Waals surface area contributed by atoms with Crippen LogP contribution in [0.1, 0.15) is 24.0 Å². The van der Waals surface area contributed by atoms with Crippen LogP contribution in [0.3, 0.4) is 0 Å². The van der Waals surface area contributed by atoms with E-state index in [1.165, 1.54) is 16.4 Å². The van der Waals surface area contributed by atoms with Crippen LogP contribution in [0.15, 0.2) is 53.4 Å². The van der Waals surface area contributed by atoms with E-state index in [4.69, 9.17) is 4.74 Å². The Morgan fingerprint density at radius 1 is 1.18 bits per heavy atom. The molecule has 0 aromatic heterocycles. The number of ether oxygens (including phenoxy) is 1. The first kappa shape index (κ1) is 20.4. The molecule has 0 radical (unpaired) electrons. The van der Waals surface area contributed by atoms with Crippen molar-refractivity contribution in [1.29, 1.82) is 0 Å². The zero-order valence-electron chi connectivity index (χ0n) is 16.2. The van der Waals surface area contributed by atoms with Crippen molar-refractivity contribution in [2.24, 2.45) is 0 Å². The first-order valence-corrected chi connectivity index (χ1v) is 10.9. The lowest BCUT2D eigenvalue weighted by atomic mass is 10.1. The molecule has 2 aromatic carbocycles. The number of aryl methyl sites for hydroxylation is 2. The molecule has 0 aliphatic carbocycles. The van der Waals surface area contributed by atoms with Crippen molar-refractivity contribution in [1.82, 2.24) is 5.32 Å². The zero-order valence-corrected chi connectivity index (χ0v) is 17.0. The lowest BCUT2D eigenvalue weighted by Crippen LogP contribution is -2.43. The van der Waals surface area contributed by atoms with Crippen molar-refractivity contribution in [3.8, 4) is 0 Å². The number of hydrogen-bond acceptors (Lipinski definition) is 4. The molecule has 1 N–H and O–H groups in total. The maximum atomic E-state index is 13.3. The van der Waals surface area contributed by atoms with Crippen molar-refractivity contribution >= 4 is 21.6 Å². The van der Waals surface area contributed by atoms with Crippen LogP contribution in [0.5, 0.6) is 0 Å². The molecule has 2 aromatic rings. The molecule has 0 bridgehead atoms. The quantitative estimate of drug-likeness (QED) is 0.773. The van der Waals surface area contributed by atoms with Crippen LogP contribution in [0, 0.1) is 13.8 Å². The average Bonchev–Trinajstić information content (AvgIpc) is 3.21. The van der Waals surface area contributed by atoms with Gasteiger partial charge in [-0.15, -0.1) is 0 Å². The highest BCUT2D eigenvalue weighted by Gasteiger charge is 2.28. The van der Waals surface area contributed by atoms with Gasteiger partial charge in [0.2, 0.25) is 5.91 Å². The third-order valence-corrected chi connectivity index (χ3v) is 6.58. The van der Waals surface area contributed by atoms with Crippen molar-refractivity contribution in [3.63, 3.8) is 0 Å². The molecule has 3 rings (SSSR count). The maximum Gasteiger partial charge on any atom is 0.264 e. The van der Waals surface area contributed by atoms with Crippen LogP contribution in [0.4, 0.5) is 5.69 Å². The van der Waals surface area contributed by atoms with E-state index in [2.05, 4.69) is 5.32 Å². The summed E-state index contributed by atoms with van der Waals surface area (Å²) >= 11 is 0. The summed E-state index contributed by atoms with van der Waals surface area (Å²) in [6, 6.07) is 13.8. The van der Waals surface area contributed by atoms with Gasteiger partial charge in [-0.25, -0.2) is 8.42 Å². The summed E-state index contributed by atoms with van der Waals surface area (Å²) in [4.78, 5) is 12.7. The monoisotopic (exact) mass is 402 g/mol. The molecule has 1 fully saturated rings. The summed E-state index contributed by atoms with van der Waals surface area (Å²) < 4.78 is 33.3. The van der Waals surface area contributed by atoms with E-state index in [1.54, 1.807) is 24.3 Å². The lowest BCUT2D eigenvalue weighted by molar-refractivity contribution is -0.120. The molecular weight excluding hydrogens is 376 g/mol. The third kappa shape index (κ3) is 4.72. The highest BCUT2D eigenvalue weighted by molar-refractivity contribution is 7.92. The van der Waals surface area contributed by atoms with Gasteiger partial charge >= 0.3 is 0 Å². The fourth-order valence-corrected chi connectivity index (χ4v) is 4.73. The Hall–Kier alpha value is -2.38. The minimum atomic E-state index is -3.88. The summed E-state index contributed by atoms with van der Waals surface area (Å²) in [7, 11) is -3.88. The number of hydrogen-bond donors (Lipinski definition) is 1. The lowest BCUT2D eigenvalue weighted by Gasteiger charge is -2.26. The number of anilines is 1. The number of carbonyl (C=O) groups excluding carboxylic acids is 1. The second-order valence-electron chi connectivity index (χ2n) is 7.05. The smallest absolute Gasteiger partial charge is 0.264 e. The Morgan fingerprint density at radius 2 is 1.93 bits per heavy atom. The molecule has 28 heavy (non-hydrogen) atoms. The maximum absolute atomic E-state index is 13.3. The molecule has 7 heteroatoms. The van der Waals surface area contributed by atoms with E-state index < -0.39 is 10.0 Å². The number of nitrogens with one attached hydrogen (secondary N) is 1. The summed E-state index contributed by atoms with van der Waals surface area (Å²) in [5.74, 6) is -0.351. The van der Waals surface area contributed by atoms with Crippen molar-refractivity contribution < 1.29 is 17.9 Å². The molecule has 1 heterocycles. The highest BCUT2D eigenvalue weighted by atomic mass is 32.2. The van der Waals surface area contributed by atoms with Gasteiger partial charge in [-0.2, -0.15) is 0 Å². The Bertz CT molecular complexity index is 923. The molecular formula is C21H26N2O4S. The largest absolute Gasteiger partial charge is 0.376 e. The molecule has 0 unspecified atom stereocenters. The van der Waals surface area contributed by atoms with Gasteiger partial charge in [-0.3, -0.25) is 9.10 Å². The van der Waals surface area contributed by atoms with Crippen LogP contribution in [0.25, 0.3) is 0 Å². The molecule has 1 amide bonds. The van der Waals surface area contributed by atoms with E-state index in [1.807, 2.05) is 26.0 Å². The van der Waals surface area contributed by atoms with Gasteiger partial charge in [0.15, 0.2) is 0 Å². The topological polar surface area (TPSA) is 75.7 Å². The summed E-state index contributed by atoms with van der Waals surface area (Å²) in [5, 5.41) is 2.81. The van der Waals surface area contributed by atoms with E-state index in [-0.39, 0.29) is 23.5 Å². The first-order chi connectivity index (χ1) is 13.4. The molecule has 1 aliphatic rings. The zero-order chi connectivity index (χ0) is 20.1. The normalized spacial score (nSPS) is 16.7. The molecule has 0 spiro atoms. The van der Waals surface area contributed by atoms with E-state index in [0.29, 0.717) is 18.8 Å². The van der Waals surface area contributed by atoms with Crippen LogP contribution in [-0.4, -0.2) is 40.1 Å². The number of nitrogens with zero attached hydrogens (tertiary/aromatic N) is 1. The van der Waals surface area contributed by atoms with Crippen molar-refractivity contribution in [2.75, 3.05) is 24.0 Å². The van der Waals surface area contributed by atoms with Crippen molar-refractivity contribution in [3.05, 3.63) is 59.7 Å². The van der Waals surface area contributed by atoms with E-state index in [0.717, 1.165) is 24.0 Å². The SMILES string of the molecule is Cc1ccc(C)c(N(CC(=O)NC[C@@H]2CCCO2)S(=O)(=O)c2ccccc2)c1. The summed E-state index contributed by atoms with van der Waals surface area (Å²) in [6.45, 7) is 4.55. The van der Waals surface area contributed by atoms with Crippen LogP contribution in [0.2, 0.25) is 0 Å². The van der Waals surface area contributed by atoms with Gasteiger partial charge < -0.3 is 10.1 Å². The molecule has 6 nitrogen and oxygen atoms in total. The van der Waals surface area contributed by atoms with Gasteiger partial charge in [0.05, 0.1) is 16.7 Å². The van der Waals surface area contributed by atoms with Gasteiger partial charge in [0.1, 0.15) is 6.54 Å². The molecule has 150 valence electrons. The Balaban J connectivity index is 1.88. The minimum absolute atomic E-state index is 0.00355. The van der Waals surface area contributed by atoms with Gasteiger partial charge in [-0.05, 0) is 56.0 Å². The summed E-state index contributed by atoms with van der Waals surface area (Å²) in [6.07, 6.45) is 1.89. The number of sulfonamides is 1. The molecule has 1 atom stereocenters. The number of rotatable bonds is 7. The van der Waals surface area contributed by atoms with Gasteiger partial charge in [0, 0.05) is 13.2 Å². The van der Waals surface area contributed by atoms with Gasteiger partial charge in [-0.1, -0.05) is 30.3 Å². The number of benzene rings is 2. The fourth-order valence-electron chi connectivity index (χ4n) is 3.23. The highest BCUT2D eigenvalue weighted by Crippen LogP contribution is 2.27. The van der Waals surface area contributed by atoms with Crippen LogP contribution in [-0.2, 0) is 19.6 Å². The second-order valence-corrected chi connectivity index (χ2v) is 8.92.